The summed E-state index contributed by atoms with van der Waals surface area (Å²) in [4.78, 5) is 46.8. The van der Waals surface area contributed by atoms with Crippen LogP contribution in [-0.2, 0) is 20.9 Å². The van der Waals surface area contributed by atoms with E-state index in [1.807, 2.05) is 36.7 Å². The number of aryl methyl sites for hydroxylation is 1. The van der Waals surface area contributed by atoms with E-state index in [-0.39, 0.29) is 36.6 Å². The molecule has 0 spiro atoms. The molecular weight excluding hydrogens is 512 g/mol. The molecule has 3 atom stereocenters. The molecule has 9 heteroatoms. The number of benzene rings is 1. The van der Waals surface area contributed by atoms with Crippen LogP contribution in [-0.4, -0.2) is 57.4 Å². The molecule has 2 fully saturated rings. The zero-order valence-electron chi connectivity index (χ0n) is 23.3. The smallest absolute Gasteiger partial charge is 0.246 e. The highest BCUT2D eigenvalue weighted by Gasteiger charge is 2.43. The number of carbonyl (C=O) groups excluding carboxylic acids is 3. The van der Waals surface area contributed by atoms with Crippen molar-refractivity contribution in [3.05, 3.63) is 41.0 Å². The molecule has 1 saturated heterocycles. The Kier molecular flexibility index (Phi) is 10.1. The van der Waals surface area contributed by atoms with Gasteiger partial charge in [-0.25, -0.2) is 4.98 Å². The number of β-amino-alcohol motifs (C(OH)–C–C–N with tert-alkyl or cyclic N) is 1. The predicted octanol–water partition coefficient (Wildman–Crippen LogP) is 4.20. The van der Waals surface area contributed by atoms with Crippen LogP contribution in [0.1, 0.15) is 76.5 Å². The van der Waals surface area contributed by atoms with Crippen molar-refractivity contribution < 1.29 is 19.5 Å². The molecule has 1 aromatic heterocycles. The van der Waals surface area contributed by atoms with Crippen molar-refractivity contribution in [3.8, 4) is 10.4 Å². The first-order valence-corrected chi connectivity index (χ1v) is 15.2. The fourth-order valence-electron chi connectivity index (χ4n) is 5.66. The lowest BCUT2D eigenvalue weighted by Gasteiger charge is -2.34. The van der Waals surface area contributed by atoms with Crippen LogP contribution in [0.25, 0.3) is 10.4 Å². The van der Waals surface area contributed by atoms with Crippen LogP contribution in [0.5, 0.6) is 0 Å². The minimum atomic E-state index is -0.768. The standard InChI is InChI=1S/C30H42N4O4S/c1-19(2)9-14-26(36)33-27(22-7-5-4-6-8-22)30(38)34-17-24(35)15-25(34)29(37)31-16-21-10-12-23(13-11-21)28-20(3)32-18-39-28/h10-13,18-19,22,24-25,27,35H,4-9,14-17H2,1-3H3,(H,31,37)(H,33,36)/t24-,25+,27?/m1/s1. The lowest BCUT2D eigenvalue weighted by molar-refractivity contribution is -0.143. The number of aromatic nitrogens is 1. The van der Waals surface area contributed by atoms with Crippen LogP contribution >= 0.6 is 11.3 Å². The van der Waals surface area contributed by atoms with Gasteiger partial charge in [0.2, 0.25) is 17.7 Å². The molecule has 2 aromatic rings. The van der Waals surface area contributed by atoms with Gasteiger partial charge in [-0.05, 0) is 49.1 Å². The number of aliphatic hydroxyl groups is 1. The first kappa shape index (κ1) is 29.2. The molecule has 3 N–H and O–H groups in total. The molecule has 1 aliphatic heterocycles. The van der Waals surface area contributed by atoms with E-state index in [1.165, 1.54) is 4.90 Å². The zero-order valence-corrected chi connectivity index (χ0v) is 24.1. The molecule has 0 bridgehead atoms. The summed E-state index contributed by atoms with van der Waals surface area (Å²) in [6.45, 7) is 6.56. The summed E-state index contributed by atoms with van der Waals surface area (Å²) in [6.07, 6.45) is 5.52. The molecule has 3 amide bonds. The van der Waals surface area contributed by atoms with E-state index >= 15 is 0 Å². The van der Waals surface area contributed by atoms with Crippen LogP contribution < -0.4 is 10.6 Å². The molecule has 1 unspecified atom stereocenters. The summed E-state index contributed by atoms with van der Waals surface area (Å²) in [6, 6.07) is 6.58. The van der Waals surface area contributed by atoms with E-state index in [2.05, 4.69) is 29.5 Å². The van der Waals surface area contributed by atoms with Gasteiger partial charge in [0.25, 0.3) is 0 Å². The van der Waals surface area contributed by atoms with Gasteiger partial charge >= 0.3 is 0 Å². The van der Waals surface area contributed by atoms with Gasteiger partial charge in [-0.1, -0.05) is 57.4 Å². The Morgan fingerprint density at radius 2 is 1.85 bits per heavy atom. The summed E-state index contributed by atoms with van der Waals surface area (Å²) < 4.78 is 0. The number of hydrogen-bond acceptors (Lipinski definition) is 6. The number of amides is 3. The predicted molar refractivity (Wildman–Crippen MR) is 153 cm³/mol. The summed E-state index contributed by atoms with van der Waals surface area (Å²) >= 11 is 1.60. The van der Waals surface area contributed by atoms with Crippen LogP contribution in [0.4, 0.5) is 0 Å². The number of carbonyl (C=O) groups is 3. The second-order valence-corrected chi connectivity index (χ2v) is 12.3. The van der Waals surface area contributed by atoms with Crippen LogP contribution in [0, 0.1) is 18.8 Å². The Morgan fingerprint density at radius 1 is 1.13 bits per heavy atom. The number of nitrogens with zero attached hydrogens (tertiary/aromatic N) is 2. The molecule has 8 nitrogen and oxygen atoms in total. The number of thiazole rings is 1. The van der Waals surface area contributed by atoms with Gasteiger partial charge in [-0.15, -0.1) is 11.3 Å². The van der Waals surface area contributed by atoms with Crippen LogP contribution in [0.2, 0.25) is 0 Å². The Labute approximate surface area is 235 Å². The van der Waals surface area contributed by atoms with Crippen LogP contribution in [0.3, 0.4) is 0 Å². The normalized spacial score (nSPS) is 20.7. The van der Waals surface area contributed by atoms with Gasteiger partial charge in [0.05, 0.1) is 22.2 Å². The molecule has 2 aliphatic rings. The average Bonchev–Trinajstić information content (AvgIpc) is 3.55. The van der Waals surface area contributed by atoms with E-state index in [4.69, 9.17) is 0 Å². The average molecular weight is 555 g/mol. The maximum Gasteiger partial charge on any atom is 0.246 e. The van der Waals surface area contributed by atoms with E-state index in [0.717, 1.165) is 60.2 Å². The molecule has 2 heterocycles. The summed E-state index contributed by atoms with van der Waals surface area (Å²) in [5.74, 6) is -0.201. The molecule has 0 radical (unpaired) electrons. The fraction of sp³-hybridized carbons (Fsp3) is 0.600. The molecule has 1 aliphatic carbocycles. The first-order valence-electron chi connectivity index (χ1n) is 14.3. The Hall–Kier alpha value is -2.78. The highest BCUT2D eigenvalue weighted by atomic mass is 32.1. The first-order chi connectivity index (χ1) is 18.7. The summed E-state index contributed by atoms with van der Waals surface area (Å²) in [5.41, 5.74) is 4.86. The number of aliphatic hydroxyl groups excluding tert-OH is 1. The molecule has 212 valence electrons. The Balaban J connectivity index is 1.41. The summed E-state index contributed by atoms with van der Waals surface area (Å²) in [7, 11) is 0. The van der Waals surface area contributed by atoms with E-state index in [1.54, 1.807) is 11.3 Å². The summed E-state index contributed by atoms with van der Waals surface area (Å²) in [5, 5.41) is 16.4. The lowest BCUT2D eigenvalue weighted by Crippen LogP contribution is -2.56. The fourth-order valence-corrected chi connectivity index (χ4v) is 6.47. The minimum absolute atomic E-state index is 0.0522. The van der Waals surface area contributed by atoms with Crippen LogP contribution in [0.15, 0.2) is 29.8 Å². The van der Waals surface area contributed by atoms with Crippen molar-refractivity contribution in [2.45, 2.75) is 96.9 Å². The lowest BCUT2D eigenvalue weighted by atomic mass is 9.83. The third-order valence-electron chi connectivity index (χ3n) is 7.95. The maximum atomic E-state index is 13.8. The molecule has 4 rings (SSSR count). The third kappa shape index (κ3) is 7.66. The van der Waals surface area contributed by atoms with Gasteiger partial charge < -0.3 is 20.6 Å². The second kappa shape index (κ2) is 13.5. The van der Waals surface area contributed by atoms with Gasteiger partial charge in [-0.2, -0.15) is 0 Å². The highest BCUT2D eigenvalue weighted by molar-refractivity contribution is 7.13. The van der Waals surface area contributed by atoms with Gasteiger partial charge in [0.15, 0.2) is 0 Å². The second-order valence-electron chi connectivity index (χ2n) is 11.5. The highest BCUT2D eigenvalue weighted by Crippen LogP contribution is 2.30. The van der Waals surface area contributed by atoms with Crippen molar-refractivity contribution >= 4 is 29.1 Å². The zero-order chi connectivity index (χ0) is 27.9. The Bertz CT molecular complexity index is 1130. The minimum Gasteiger partial charge on any atom is -0.391 e. The molecule has 39 heavy (non-hydrogen) atoms. The molecule has 1 aromatic carbocycles. The number of rotatable bonds is 10. The van der Waals surface area contributed by atoms with Crippen molar-refractivity contribution in [1.82, 2.24) is 20.5 Å². The van der Waals surface area contributed by atoms with Crippen molar-refractivity contribution in [2.75, 3.05) is 6.54 Å². The quantitative estimate of drug-likeness (QED) is 0.408. The third-order valence-corrected chi connectivity index (χ3v) is 8.92. The monoisotopic (exact) mass is 554 g/mol. The SMILES string of the molecule is Cc1ncsc1-c1ccc(CNC(=O)[C@@H]2C[C@@H](O)CN2C(=O)C(NC(=O)CCC(C)C)C2CCCCC2)cc1. The van der Waals surface area contributed by atoms with Crippen molar-refractivity contribution in [3.63, 3.8) is 0 Å². The van der Waals surface area contributed by atoms with Crippen molar-refractivity contribution in [2.24, 2.45) is 11.8 Å². The molecule has 1 saturated carbocycles. The number of nitrogens with one attached hydrogen (secondary N) is 2. The van der Waals surface area contributed by atoms with Crippen molar-refractivity contribution in [1.29, 1.82) is 0 Å². The van der Waals surface area contributed by atoms with Gasteiger partial charge in [-0.3, -0.25) is 14.4 Å². The van der Waals surface area contributed by atoms with E-state index in [9.17, 15) is 19.5 Å². The number of hydrogen-bond donors (Lipinski definition) is 3. The Morgan fingerprint density at radius 3 is 2.49 bits per heavy atom. The van der Waals surface area contributed by atoms with E-state index < -0.39 is 18.2 Å². The number of likely N-dealkylation sites (tertiary alicyclic amines) is 1. The van der Waals surface area contributed by atoms with Gasteiger partial charge in [0.1, 0.15) is 12.1 Å². The van der Waals surface area contributed by atoms with E-state index in [0.29, 0.717) is 18.9 Å². The molecular formula is C30H42N4O4S. The maximum absolute atomic E-state index is 13.8. The topological polar surface area (TPSA) is 112 Å². The van der Waals surface area contributed by atoms with Gasteiger partial charge in [0, 0.05) is 25.9 Å². The largest absolute Gasteiger partial charge is 0.391 e.